The molecule has 0 bridgehead atoms. The van der Waals surface area contributed by atoms with Crippen LogP contribution in [0.2, 0.25) is 0 Å². The van der Waals surface area contributed by atoms with E-state index in [0.29, 0.717) is 16.8 Å². The van der Waals surface area contributed by atoms with E-state index in [1.165, 1.54) is 30.3 Å². The van der Waals surface area contributed by atoms with Crippen LogP contribution in [0.3, 0.4) is 0 Å². The predicted molar refractivity (Wildman–Crippen MR) is 64.8 cm³/mol. The number of benzene rings is 1. The average molecular weight is 257 g/mol. The van der Waals surface area contributed by atoms with Crippen molar-refractivity contribution in [1.29, 1.82) is 0 Å². The average Bonchev–Trinajstić information content (AvgIpc) is 2.82. The topological polar surface area (TPSA) is 109 Å². The fraction of sp³-hybridized carbons (Fsp3) is 0. The summed E-state index contributed by atoms with van der Waals surface area (Å²) in [7, 11) is 0. The number of hydrogen-bond donors (Lipinski definition) is 2. The van der Waals surface area contributed by atoms with Crippen LogP contribution in [-0.4, -0.2) is 26.3 Å². The van der Waals surface area contributed by atoms with E-state index in [4.69, 9.17) is 9.52 Å². The highest BCUT2D eigenvalue weighted by atomic mass is 16.4. The van der Waals surface area contributed by atoms with Crippen LogP contribution in [-0.2, 0) is 0 Å². The second-order valence-corrected chi connectivity index (χ2v) is 3.81. The summed E-state index contributed by atoms with van der Waals surface area (Å²) in [6.07, 6.45) is 0. The number of rotatable bonds is 2. The van der Waals surface area contributed by atoms with E-state index in [1.54, 1.807) is 0 Å². The van der Waals surface area contributed by atoms with Crippen LogP contribution in [0, 0.1) is 0 Å². The molecule has 0 aliphatic carbocycles. The number of aromatic carboxylic acids is 1. The van der Waals surface area contributed by atoms with Crippen LogP contribution in [0.4, 0.5) is 0 Å². The first-order valence-corrected chi connectivity index (χ1v) is 5.33. The van der Waals surface area contributed by atoms with Gasteiger partial charge >= 0.3 is 5.97 Å². The zero-order valence-corrected chi connectivity index (χ0v) is 9.45. The van der Waals surface area contributed by atoms with Crippen molar-refractivity contribution < 1.29 is 14.3 Å². The Balaban J connectivity index is 2.13. The molecule has 0 spiro atoms. The Bertz CT molecular complexity index is 814. The number of fused-ring (bicyclic) bond motifs is 1. The summed E-state index contributed by atoms with van der Waals surface area (Å²) < 4.78 is 5.44. The van der Waals surface area contributed by atoms with Gasteiger partial charge in [0.15, 0.2) is 5.58 Å². The molecule has 1 aromatic carbocycles. The second-order valence-electron chi connectivity index (χ2n) is 3.81. The molecule has 0 aliphatic rings. The molecule has 2 N–H and O–H groups in total. The van der Waals surface area contributed by atoms with E-state index < -0.39 is 5.97 Å². The summed E-state index contributed by atoms with van der Waals surface area (Å²) in [5, 5.41) is 15.0. The maximum absolute atomic E-state index is 10.9. The van der Waals surface area contributed by atoms with Crippen molar-refractivity contribution in [2.24, 2.45) is 0 Å². The normalized spacial score (nSPS) is 10.7. The molecule has 3 rings (SSSR count). The molecule has 0 radical (unpaired) electrons. The van der Waals surface area contributed by atoms with Crippen molar-refractivity contribution in [2.45, 2.75) is 0 Å². The van der Waals surface area contributed by atoms with Gasteiger partial charge in [0, 0.05) is 6.07 Å². The van der Waals surface area contributed by atoms with E-state index in [1.807, 2.05) is 0 Å². The molecule has 0 unspecified atom stereocenters. The zero-order valence-electron chi connectivity index (χ0n) is 9.45. The van der Waals surface area contributed by atoms with Gasteiger partial charge in [0.05, 0.1) is 5.56 Å². The van der Waals surface area contributed by atoms with Crippen LogP contribution in [0.25, 0.3) is 22.7 Å². The third-order valence-corrected chi connectivity index (χ3v) is 2.53. The number of nitrogens with one attached hydrogen (secondary N) is 1. The third kappa shape index (κ3) is 1.97. The van der Waals surface area contributed by atoms with Gasteiger partial charge in [0.25, 0.3) is 5.56 Å². The van der Waals surface area contributed by atoms with Gasteiger partial charge in [-0.25, -0.2) is 14.9 Å². The van der Waals surface area contributed by atoms with Gasteiger partial charge in [-0.15, -0.1) is 0 Å². The number of carboxylic acid groups (broad SMARTS) is 1. The van der Waals surface area contributed by atoms with Crippen molar-refractivity contribution in [2.75, 3.05) is 0 Å². The third-order valence-electron chi connectivity index (χ3n) is 2.53. The molecular formula is C12H7N3O4. The van der Waals surface area contributed by atoms with Crippen molar-refractivity contribution in [3.63, 3.8) is 0 Å². The van der Waals surface area contributed by atoms with Crippen molar-refractivity contribution in [3.8, 4) is 11.6 Å². The highest BCUT2D eigenvalue weighted by molar-refractivity contribution is 5.92. The molecule has 7 nitrogen and oxygen atoms in total. The van der Waals surface area contributed by atoms with Crippen LogP contribution < -0.4 is 5.56 Å². The lowest BCUT2D eigenvalue weighted by atomic mass is 10.2. The van der Waals surface area contributed by atoms with Crippen LogP contribution in [0.5, 0.6) is 0 Å². The molecule has 3 aromatic rings. The Morgan fingerprint density at radius 3 is 2.79 bits per heavy atom. The number of nitrogens with zero attached hydrogens (tertiary/aromatic N) is 2. The molecule has 0 saturated heterocycles. The van der Waals surface area contributed by atoms with Crippen molar-refractivity contribution in [1.82, 2.24) is 15.2 Å². The minimum absolute atomic E-state index is 0.127. The molecule has 94 valence electrons. The number of H-pyrrole nitrogens is 1. The van der Waals surface area contributed by atoms with E-state index in [0.717, 1.165) is 0 Å². The summed E-state index contributed by atoms with van der Waals surface area (Å²) >= 11 is 0. The first-order chi connectivity index (χ1) is 9.13. The fourth-order valence-corrected chi connectivity index (χ4v) is 1.63. The SMILES string of the molecule is O=C(O)c1ccc2oc(-c3ccc(=O)[nH]n3)nc2c1. The molecule has 0 fully saturated rings. The lowest BCUT2D eigenvalue weighted by Gasteiger charge is -1.91. The molecule has 2 heterocycles. The molecule has 2 aromatic heterocycles. The van der Waals surface area contributed by atoms with Gasteiger partial charge in [-0.1, -0.05) is 0 Å². The first-order valence-electron chi connectivity index (χ1n) is 5.33. The minimum atomic E-state index is -1.03. The van der Waals surface area contributed by atoms with Gasteiger partial charge in [0.1, 0.15) is 11.2 Å². The standard InChI is InChI=1S/C12H7N3O4/c16-10-4-2-7(14-15-10)11-13-8-5-6(12(17)18)1-3-9(8)19-11/h1-5H,(H,15,16)(H,17,18). The lowest BCUT2D eigenvalue weighted by Crippen LogP contribution is -2.05. The van der Waals surface area contributed by atoms with Crippen molar-refractivity contribution in [3.05, 3.63) is 46.2 Å². The quantitative estimate of drug-likeness (QED) is 0.715. The summed E-state index contributed by atoms with van der Waals surface area (Å²) in [5.74, 6) is -0.817. The Morgan fingerprint density at radius 1 is 1.26 bits per heavy atom. The molecule has 19 heavy (non-hydrogen) atoms. The highest BCUT2D eigenvalue weighted by Gasteiger charge is 2.12. The first kappa shape index (κ1) is 11.1. The fourth-order valence-electron chi connectivity index (χ4n) is 1.63. The van der Waals surface area contributed by atoms with Gasteiger partial charge in [0.2, 0.25) is 5.89 Å². The van der Waals surface area contributed by atoms with Crippen LogP contribution in [0.15, 0.2) is 39.5 Å². The van der Waals surface area contributed by atoms with Gasteiger partial charge in [-0.2, -0.15) is 5.10 Å². The van der Waals surface area contributed by atoms with Crippen molar-refractivity contribution >= 4 is 17.1 Å². The Morgan fingerprint density at radius 2 is 2.11 bits per heavy atom. The second kappa shape index (κ2) is 4.05. The van der Waals surface area contributed by atoms with Gasteiger partial charge < -0.3 is 9.52 Å². The molecular weight excluding hydrogens is 250 g/mol. The largest absolute Gasteiger partial charge is 0.478 e. The monoisotopic (exact) mass is 257 g/mol. The Labute approximate surface area is 105 Å². The summed E-state index contributed by atoms with van der Waals surface area (Å²) in [5.41, 5.74) is 1.04. The lowest BCUT2D eigenvalue weighted by molar-refractivity contribution is 0.0697. The van der Waals surface area contributed by atoms with E-state index in [2.05, 4.69) is 15.2 Å². The molecule has 7 heteroatoms. The zero-order chi connectivity index (χ0) is 13.4. The summed E-state index contributed by atoms with van der Waals surface area (Å²) in [4.78, 5) is 25.9. The van der Waals surface area contributed by atoms with Gasteiger partial charge in [-0.05, 0) is 24.3 Å². The predicted octanol–water partition coefficient (Wildman–Crippen LogP) is 1.28. The van der Waals surface area contributed by atoms with E-state index >= 15 is 0 Å². The number of carbonyl (C=O) groups is 1. The molecule has 0 saturated carbocycles. The van der Waals surface area contributed by atoms with Gasteiger partial charge in [-0.3, -0.25) is 4.79 Å². The van der Waals surface area contributed by atoms with E-state index in [-0.39, 0.29) is 17.0 Å². The number of hydrogen-bond acceptors (Lipinski definition) is 5. The van der Waals surface area contributed by atoms with Crippen LogP contribution in [0.1, 0.15) is 10.4 Å². The summed E-state index contributed by atoms with van der Waals surface area (Å²) in [6, 6.07) is 7.15. The number of carboxylic acids is 1. The number of aromatic nitrogens is 3. The molecule has 0 atom stereocenters. The minimum Gasteiger partial charge on any atom is -0.478 e. The highest BCUT2D eigenvalue weighted by Crippen LogP contribution is 2.22. The number of oxazole rings is 1. The maximum atomic E-state index is 10.9. The van der Waals surface area contributed by atoms with Crippen LogP contribution >= 0.6 is 0 Å². The molecule has 0 aliphatic heterocycles. The van der Waals surface area contributed by atoms with E-state index in [9.17, 15) is 9.59 Å². The molecule has 0 amide bonds. The maximum Gasteiger partial charge on any atom is 0.335 e. The smallest absolute Gasteiger partial charge is 0.335 e. The Kier molecular flexibility index (Phi) is 2.38. The summed E-state index contributed by atoms with van der Waals surface area (Å²) in [6.45, 7) is 0. The Hall–Kier alpha value is -2.96. The number of aromatic amines is 1.